The smallest absolute Gasteiger partial charge is 0.247 e. The summed E-state index contributed by atoms with van der Waals surface area (Å²) in [4.78, 5) is 33.3. The average molecular weight is 705 g/mol. The lowest BCUT2D eigenvalue weighted by Crippen LogP contribution is -2.11. The molecule has 0 saturated carbocycles. The third-order valence-electron chi connectivity index (χ3n) is 10.4. The Hall–Kier alpha value is -1.32. The van der Waals surface area contributed by atoms with E-state index in [1.165, 1.54) is 212 Å². The van der Waals surface area contributed by atoms with Gasteiger partial charge in [0.15, 0.2) is 0 Å². The van der Waals surface area contributed by atoms with Crippen LogP contribution in [0.4, 0.5) is 0 Å². The second kappa shape index (κ2) is 43.8. The van der Waals surface area contributed by atoms with E-state index in [4.69, 9.17) is 9.78 Å². The summed E-state index contributed by atoms with van der Waals surface area (Å²) < 4.78 is 0. The molecule has 0 aliphatic rings. The van der Waals surface area contributed by atoms with Crippen LogP contribution in [0.25, 0.3) is 0 Å². The first-order valence-electron chi connectivity index (χ1n) is 22.8. The van der Waals surface area contributed by atoms with Crippen LogP contribution in [0.1, 0.15) is 271 Å². The van der Waals surface area contributed by atoms with Crippen LogP contribution in [0, 0.1) is 0 Å². The molecule has 296 valence electrons. The summed E-state index contributed by atoms with van der Waals surface area (Å²) in [5.74, 6) is -0.835. The number of hydrogen-bond acceptors (Lipinski definition) is 4. The lowest BCUT2D eigenvalue weighted by molar-refractivity contribution is -0.259. The summed E-state index contributed by atoms with van der Waals surface area (Å²) in [6, 6.07) is 0. The van der Waals surface area contributed by atoms with Crippen molar-refractivity contribution in [1.82, 2.24) is 0 Å². The Morgan fingerprint density at radius 3 is 0.740 bits per heavy atom. The minimum absolute atomic E-state index is 0.332. The van der Waals surface area contributed by atoms with Crippen LogP contribution in [0.5, 0.6) is 0 Å². The molecule has 50 heavy (non-hydrogen) atoms. The zero-order chi connectivity index (χ0) is 36.3. The molecule has 4 heteroatoms. The molecule has 0 atom stereocenters. The molecule has 0 aliphatic heterocycles. The van der Waals surface area contributed by atoms with E-state index in [2.05, 4.69) is 26.0 Å². The standard InChI is InChI=1S/C46H88O4/c1-3-5-7-9-11-13-15-17-19-21-23-24-26-28-30-32-34-36-38-40-42-44-46(48)50-49-45(47)43-41-39-37-35-33-31-29-27-25-22-20-18-16-14-12-10-8-6-4-2/h18,20H,3-17,19,21-44H2,1-2H3/b20-18-. The van der Waals surface area contributed by atoms with Crippen molar-refractivity contribution in [3.63, 3.8) is 0 Å². The van der Waals surface area contributed by atoms with Crippen molar-refractivity contribution in [2.45, 2.75) is 271 Å². The van der Waals surface area contributed by atoms with Gasteiger partial charge in [0.2, 0.25) is 0 Å². The third-order valence-corrected chi connectivity index (χ3v) is 10.4. The molecule has 0 aromatic heterocycles. The summed E-state index contributed by atoms with van der Waals surface area (Å²) >= 11 is 0. The molecule has 0 aliphatic carbocycles. The quantitative estimate of drug-likeness (QED) is 0.0275. The zero-order valence-electron chi connectivity index (χ0n) is 34.1. The number of unbranched alkanes of at least 4 members (excludes halogenated alkanes) is 35. The number of carbonyl (C=O) groups is 2. The van der Waals surface area contributed by atoms with Gasteiger partial charge in [-0.1, -0.05) is 231 Å². The maximum absolute atomic E-state index is 11.9. The molecule has 0 saturated heterocycles. The first-order valence-corrected chi connectivity index (χ1v) is 22.8. The predicted octanol–water partition coefficient (Wildman–Crippen LogP) is 16.2. The van der Waals surface area contributed by atoms with Crippen LogP contribution in [0.3, 0.4) is 0 Å². The van der Waals surface area contributed by atoms with E-state index in [-0.39, 0.29) is 0 Å². The van der Waals surface area contributed by atoms with Crippen LogP contribution in [-0.4, -0.2) is 11.9 Å². The number of hydrogen-bond donors (Lipinski definition) is 0. The van der Waals surface area contributed by atoms with Gasteiger partial charge in [-0.25, -0.2) is 19.4 Å². The fourth-order valence-electron chi connectivity index (χ4n) is 6.92. The Balaban J connectivity index is 3.27. The second-order valence-corrected chi connectivity index (χ2v) is 15.5. The van der Waals surface area contributed by atoms with E-state index in [0.717, 1.165) is 32.1 Å². The van der Waals surface area contributed by atoms with Gasteiger partial charge in [-0.05, 0) is 38.5 Å². The van der Waals surface area contributed by atoms with Crippen molar-refractivity contribution in [2.75, 3.05) is 0 Å². The number of rotatable bonds is 41. The highest BCUT2D eigenvalue weighted by molar-refractivity contribution is 5.72. The van der Waals surface area contributed by atoms with Gasteiger partial charge in [-0.3, -0.25) is 0 Å². The first-order chi connectivity index (χ1) is 24.7. The summed E-state index contributed by atoms with van der Waals surface area (Å²) in [5.41, 5.74) is 0. The summed E-state index contributed by atoms with van der Waals surface area (Å²) in [6.45, 7) is 4.57. The number of allylic oxidation sites excluding steroid dienone is 2. The van der Waals surface area contributed by atoms with Crippen LogP contribution >= 0.6 is 0 Å². The van der Waals surface area contributed by atoms with Gasteiger partial charge in [0, 0.05) is 0 Å². The Bertz CT molecular complexity index is 702. The van der Waals surface area contributed by atoms with E-state index < -0.39 is 11.9 Å². The molecule has 0 aromatic rings. The van der Waals surface area contributed by atoms with Gasteiger partial charge < -0.3 is 0 Å². The van der Waals surface area contributed by atoms with E-state index in [1.807, 2.05) is 0 Å². The van der Waals surface area contributed by atoms with Gasteiger partial charge in [-0.15, -0.1) is 0 Å². The first kappa shape index (κ1) is 48.7. The SMILES string of the molecule is CCCCCCCC/C=C\CCCCCCCCCCCC(=O)OOC(=O)CCCCCCCCCCCCCCCCCCCCCCC. The van der Waals surface area contributed by atoms with Crippen molar-refractivity contribution in [3.05, 3.63) is 12.2 Å². The molecule has 0 rings (SSSR count). The molecular formula is C46H88O4. The minimum atomic E-state index is -0.418. The van der Waals surface area contributed by atoms with Gasteiger partial charge in [-0.2, -0.15) is 0 Å². The van der Waals surface area contributed by atoms with E-state index in [1.54, 1.807) is 0 Å². The molecule has 0 N–H and O–H groups in total. The van der Waals surface area contributed by atoms with Crippen molar-refractivity contribution in [1.29, 1.82) is 0 Å². The monoisotopic (exact) mass is 705 g/mol. The summed E-state index contributed by atoms with van der Waals surface area (Å²) in [6.07, 6.45) is 55.3. The normalized spacial score (nSPS) is 11.5. The Labute approximate surface area is 313 Å². The number of carbonyl (C=O) groups excluding carboxylic acids is 2. The van der Waals surface area contributed by atoms with Gasteiger partial charge in [0.05, 0.1) is 12.8 Å². The van der Waals surface area contributed by atoms with Crippen LogP contribution in [0.2, 0.25) is 0 Å². The molecule has 0 aromatic carbocycles. The van der Waals surface area contributed by atoms with E-state index in [9.17, 15) is 9.59 Å². The lowest BCUT2D eigenvalue weighted by atomic mass is 10.0. The maximum Gasteiger partial charge on any atom is 0.355 e. The molecule has 0 heterocycles. The van der Waals surface area contributed by atoms with Crippen LogP contribution in [0.15, 0.2) is 12.2 Å². The van der Waals surface area contributed by atoms with Crippen molar-refractivity contribution < 1.29 is 19.4 Å². The third kappa shape index (κ3) is 42.8. The second-order valence-electron chi connectivity index (χ2n) is 15.5. The Morgan fingerprint density at radius 1 is 0.300 bits per heavy atom. The highest BCUT2D eigenvalue weighted by Gasteiger charge is 2.09. The molecule has 0 amide bonds. The van der Waals surface area contributed by atoms with Gasteiger partial charge >= 0.3 is 11.9 Å². The zero-order valence-corrected chi connectivity index (χ0v) is 34.1. The molecule has 0 fully saturated rings. The molecule has 0 spiro atoms. The molecule has 0 unspecified atom stereocenters. The fraction of sp³-hybridized carbons (Fsp3) is 0.913. The minimum Gasteiger partial charge on any atom is -0.247 e. The van der Waals surface area contributed by atoms with E-state index >= 15 is 0 Å². The van der Waals surface area contributed by atoms with Crippen LogP contribution in [-0.2, 0) is 19.4 Å². The van der Waals surface area contributed by atoms with E-state index in [0.29, 0.717) is 12.8 Å². The topological polar surface area (TPSA) is 52.6 Å². The van der Waals surface area contributed by atoms with Gasteiger partial charge in [0.1, 0.15) is 0 Å². The maximum atomic E-state index is 11.9. The summed E-state index contributed by atoms with van der Waals surface area (Å²) in [5, 5.41) is 0. The summed E-state index contributed by atoms with van der Waals surface area (Å²) in [7, 11) is 0. The molecule has 0 radical (unpaired) electrons. The average Bonchev–Trinajstić information content (AvgIpc) is 3.12. The van der Waals surface area contributed by atoms with Crippen LogP contribution < -0.4 is 0 Å². The highest BCUT2D eigenvalue weighted by Crippen LogP contribution is 2.16. The largest absolute Gasteiger partial charge is 0.355 e. The fourth-order valence-corrected chi connectivity index (χ4v) is 6.92. The van der Waals surface area contributed by atoms with Crippen molar-refractivity contribution in [3.8, 4) is 0 Å². The molecule has 4 nitrogen and oxygen atoms in total. The lowest BCUT2D eigenvalue weighted by Gasteiger charge is -2.05. The van der Waals surface area contributed by atoms with Crippen molar-refractivity contribution in [2.24, 2.45) is 0 Å². The predicted molar refractivity (Wildman–Crippen MR) is 217 cm³/mol. The Morgan fingerprint density at radius 2 is 0.500 bits per heavy atom. The highest BCUT2D eigenvalue weighted by atomic mass is 17.2. The van der Waals surface area contributed by atoms with Gasteiger partial charge in [0.25, 0.3) is 0 Å². The Kier molecular flexibility index (Phi) is 42.7. The molecular weight excluding hydrogens is 617 g/mol. The van der Waals surface area contributed by atoms with Crippen molar-refractivity contribution >= 4 is 11.9 Å². The molecule has 0 bridgehead atoms.